The molecule has 0 amide bonds. The molecule has 0 aromatic heterocycles. The van der Waals surface area contributed by atoms with E-state index in [2.05, 4.69) is 101 Å². The van der Waals surface area contributed by atoms with Crippen molar-refractivity contribution in [2.24, 2.45) is 0 Å². The zero-order chi connectivity index (χ0) is 22.1. The summed E-state index contributed by atoms with van der Waals surface area (Å²) in [4.78, 5) is 0. The van der Waals surface area contributed by atoms with Gasteiger partial charge >= 0.3 is 77.9 Å². The minimum atomic E-state index is 0. The molecule has 0 heterocycles. The second-order valence-electron chi connectivity index (χ2n) is 1.36. The summed E-state index contributed by atoms with van der Waals surface area (Å²) in [6.45, 7) is 0. The predicted molar refractivity (Wildman–Crippen MR) is 25.3 cm³/mol. The van der Waals surface area contributed by atoms with Crippen LogP contribution < -0.4 is 42.1 Å². The first-order chi connectivity index (χ1) is 13.7. The van der Waals surface area contributed by atoms with Gasteiger partial charge in [-0.15, -0.1) is 0 Å². The van der Waals surface area contributed by atoms with Crippen molar-refractivity contribution in [1.82, 2.24) is 0 Å². The fourth-order valence-corrected chi connectivity index (χ4v) is 0.136. The Bertz CT molecular complexity index is 134. The summed E-state index contributed by atoms with van der Waals surface area (Å²) in [6.07, 6.45) is 0. The molecule has 0 aliphatic heterocycles. The Kier molecular flexibility index (Phi) is 138. The first-order valence-electron chi connectivity index (χ1n) is 4.00. The van der Waals surface area contributed by atoms with Gasteiger partial charge in [-0.2, -0.15) is 0 Å². The van der Waals surface area contributed by atoms with E-state index in [-0.39, 0.29) is 83.4 Å². The van der Waals surface area contributed by atoms with Crippen LogP contribution in [-0.2, 0) is 179 Å². The summed E-state index contributed by atoms with van der Waals surface area (Å²) < 4.78 is 0. The van der Waals surface area contributed by atoms with E-state index in [0.29, 0.717) is 0 Å². The fourth-order valence-electron chi connectivity index (χ4n) is 0.136. The van der Waals surface area contributed by atoms with Crippen LogP contribution in [0.3, 0.4) is 0 Å². The molecule has 0 spiro atoms. The quantitative estimate of drug-likeness (QED) is 0.0616. The average molecular weight is 728 g/mol. The molecule has 0 aliphatic carbocycles. The summed E-state index contributed by atoms with van der Waals surface area (Å²) in [6, 6.07) is 0. The normalized spacial score (nSPS) is 8.00. The summed E-state index contributed by atoms with van der Waals surface area (Å²) >= 11 is 0. The van der Waals surface area contributed by atoms with Crippen molar-refractivity contribution in [2.45, 2.75) is 0 Å². The maximum absolute atomic E-state index is 8.72. The van der Waals surface area contributed by atoms with Gasteiger partial charge in [0.2, 0.25) is 0 Å². The van der Waals surface area contributed by atoms with Gasteiger partial charge in [0.15, 0.2) is 0 Å². The molecule has 0 saturated carbocycles. The van der Waals surface area contributed by atoms with Crippen LogP contribution in [0.5, 0.6) is 0 Å². The van der Waals surface area contributed by atoms with Crippen LogP contribution in [0.25, 0.3) is 0 Å². The fraction of sp³-hybridized carbons (Fsp3) is 0. The standard InChI is InChI=1S/4H2O7.H2O.4Zn/c4*1-3-5-7-6-4-2;;;;;/h4*1-2H;1H2;;;;/q;;;;;4*+2/p-8. The molecule has 0 atom stereocenters. The van der Waals surface area contributed by atoms with Crippen molar-refractivity contribution >= 4 is 0 Å². The van der Waals surface area contributed by atoms with E-state index in [1.807, 2.05) is 0 Å². The van der Waals surface area contributed by atoms with Crippen molar-refractivity contribution in [1.29, 1.82) is 0 Å². The van der Waals surface area contributed by atoms with Gasteiger partial charge in [-0.3, -0.25) is 40.3 Å². The molecule has 0 unspecified atom stereocenters. The van der Waals surface area contributed by atoms with Crippen LogP contribution >= 0.6 is 0 Å². The zero-order valence-corrected chi connectivity index (χ0v) is 26.6. The van der Waals surface area contributed by atoms with Crippen molar-refractivity contribution in [3.63, 3.8) is 0 Å². The second-order valence-corrected chi connectivity index (χ2v) is 1.36. The first kappa shape index (κ1) is 59.4. The zero-order valence-electron chi connectivity index (χ0n) is 14.8. The molecule has 2 N–H and O–H groups in total. The van der Waals surface area contributed by atoms with Gasteiger partial charge in [0, 0.05) is 0 Å². The Morgan fingerprint density at radius 1 is 0.212 bits per heavy atom. The minimum Gasteiger partial charge on any atom is -0.689 e. The Hall–Kier alpha value is 1.33. The van der Waals surface area contributed by atoms with Crippen molar-refractivity contribution in [3.05, 3.63) is 0 Å². The summed E-state index contributed by atoms with van der Waals surface area (Å²) in [5.74, 6) is 0. The molecule has 0 aliphatic rings. The molecule has 184 valence electrons. The molecule has 33 heteroatoms. The molecule has 0 saturated heterocycles. The van der Waals surface area contributed by atoms with Gasteiger partial charge in [-0.1, -0.05) is 0 Å². The van der Waals surface area contributed by atoms with Gasteiger partial charge < -0.3 is 47.5 Å². The molecule has 0 rings (SSSR count). The Labute approximate surface area is 225 Å². The van der Waals surface area contributed by atoms with Gasteiger partial charge in [0.05, 0.1) is 0 Å². The van der Waals surface area contributed by atoms with Gasteiger partial charge in [0.25, 0.3) is 0 Å². The van der Waals surface area contributed by atoms with Crippen LogP contribution in [0.1, 0.15) is 0 Å². The van der Waals surface area contributed by atoms with E-state index < -0.39 is 0 Å². The van der Waals surface area contributed by atoms with Gasteiger partial charge in [0.1, 0.15) is 0 Å². The van der Waals surface area contributed by atoms with Crippen LogP contribution in [-0.4, -0.2) is 5.48 Å². The van der Waals surface area contributed by atoms with E-state index in [4.69, 9.17) is 42.1 Å². The van der Waals surface area contributed by atoms with Gasteiger partial charge in [-0.05, 0) is 60.5 Å². The number of hydrogen-bond donors (Lipinski definition) is 0. The Morgan fingerprint density at radius 3 is 0.364 bits per heavy atom. The van der Waals surface area contributed by atoms with Crippen LogP contribution in [0.2, 0.25) is 0 Å². The van der Waals surface area contributed by atoms with E-state index in [9.17, 15) is 0 Å². The molecular formula is H2O29Zn4. The smallest absolute Gasteiger partial charge is 0.689 e. The van der Waals surface area contributed by atoms with Crippen molar-refractivity contribution in [2.75, 3.05) is 0 Å². The molecule has 0 bridgehead atoms. The van der Waals surface area contributed by atoms with E-state index in [0.717, 1.165) is 0 Å². The molecular weight excluding hydrogens is 726 g/mol. The maximum atomic E-state index is 8.72. The predicted octanol–water partition coefficient (Wildman–Crippen LogP) is -11.7. The van der Waals surface area contributed by atoms with Crippen LogP contribution in [0.15, 0.2) is 0 Å². The third-order valence-corrected chi connectivity index (χ3v) is 0.444. The number of hydrogen-bond acceptors (Lipinski definition) is 28. The largest absolute Gasteiger partial charge is 2.00 e. The van der Waals surface area contributed by atoms with E-state index >= 15 is 0 Å². The average Bonchev–Trinajstić information content (AvgIpc) is 2.71. The molecule has 0 aromatic carbocycles. The topological polar surface area (TPSA) is 401 Å². The molecule has 0 aromatic rings. The van der Waals surface area contributed by atoms with E-state index in [1.165, 1.54) is 0 Å². The summed E-state index contributed by atoms with van der Waals surface area (Å²) in [5, 5.41) is 126. The van der Waals surface area contributed by atoms with Crippen molar-refractivity contribution < 1.29 is 226 Å². The Morgan fingerprint density at radius 2 is 0.303 bits per heavy atom. The third-order valence-electron chi connectivity index (χ3n) is 0.444. The molecule has 0 radical (unpaired) electrons. The monoisotopic (exact) mass is 722 g/mol. The van der Waals surface area contributed by atoms with E-state index in [1.54, 1.807) is 0 Å². The Balaban J connectivity index is -0.0000000316. The molecule has 33 heavy (non-hydrogen) atoms. The summed E-state index contributed by atoms with van der Waals surface area (Å²) in [5.41, 5.74) is 0. The summed E-state index contributed by atoms with van der Waals surface area (Å²) in [7, 11) is 0. The van der Waals surface area contributed by atoms with Crippen molar-refractivity contribution in [3.8, 4) is 0 Å². The first-order valence-corrected chi connectivity index (χ1v) is 4.00. The minimum absolute atomic E-state index is 0. The van der Waals surface area contributed by atoms with Crippen LogP contribution in [0.4, 0.5) is 0 Å². The second kappa shape index (κ2) is 76.6. The number of rotatable bonds is 16. The maximum Gasteiger partial charge on any atom is 2.00 e. The van der Waals surface area contributed by atoms with Crippen LogP contribution in [0, 0.1) is 0 Å². The van der Waals surface area contributed by atoms with Gasteiger partial charge in [-0.25, -0.2) is 0 Å². The molecule has 0 fully saturated rings. The SMILES string of the molecule is O.[O-]OOOOO[O-].[O-]OOOOO[O-].[O-]OOOOO[O-].[O-]OOOOO[O-].[Zn+2].[Zn+2].[Zn+2].[Zn+2]. The molecule has 29 nitrogen and oxygen atoms in total. The third kappa shape index (κ3) is 109.